The molecule has 0 saturated carbocycles. The van der Waals surface area contributed by atoms with Crippen LogP contribution < -0.4 is 0 Å². The van der Waals surface area contributed by atoms with Gasteiger partial charge in [0.05, 0.1) is 0 Å². The third kappa shape index (κ3) is 3.58. The van der Waals surface area contributed by atoms with Crippen LogP contribution in [-0.2, 0) is 0 Å². The zero-order valence-electron chi connectivity index (χ0n) is 8.21. The van der Waals surface area contributed by atoms with Gasteiger partial charge in [0.15, 0.2) is 12.0 Å². The molecule has 0 radical (unpaired) electrons. The molecule has 3 rings (SSSR count). The average molecular weight is 205 g/mol. The van der Waals surface area contributed by atoms with Gasteiger partial charge in [-0.15, -0.1) is 0 Å². The molecular formula is C13H12LiNO. The predicted molar refractivity (Wildman–Crippen MR) is 67.6 cm³/mol. The first-order valence-corrected chi connectivity index (χ1v) is 4.75. The van der Waals surface area contributed by atoms with Crippen molar-refractivity contribution in [2.75, 3.05) is 0 Å². The van der Waals surface area contributed by atoms with E-state index in [2.05, 4.69) is 4.98 Å². The minimum atomic E-state index is 0. The number of para-hydroxylation sites is 2. The number of hydrogen-bond donors (Lipinski definition) is 0. The van der Waals surface area contributed by atoms with Crippen molar-refractivity contribution < 1.29 is 4.42 Å². The fraction of sp³-hybridized carbons (Fsp3) is 0. The molecule has 0 amide bonds. The molecule has 0 aliphatic carbocycles. The fourth-order valence-corrected chi connectivity index (χ4v) is 1.19. The Bertz CT molecular complexity index is 450. The predicted octanol–water partition coefficient (Wildman–Crippen LogP) is 2.87. The van der Waals surface area contributed by atoms with Gasteiger partial charge in [-0.2, -0.15) is 0 Å². The van der Waals surface area contributed by atoms with E-state index in [1.54, 1.807) is 0 Å². The summed E-state index contributed by atoms with van der Waals surface area (Å²) in [6.07, 6.45) is 1.45. The number of fused-ring (bicyclic) bond motifs is 1. The maximum atomic E-state index is 5.01. The summed E-state index contributed by atoms with van der Waals surface area (Å²) in [4.78, 5) is 3.95. The number of nitrogens with zero attached hydrogens (tertiary/aromatic N) is 1. The van der Waals surface area contributed by atoms with Crippen molar-refractivity contribution >= 4 is 30.0 Å². The number of hydrogen-bond acceptors (Lipinski definition) is 2. The summed E-state index contributed by atoms with van der Waals surface area (Å²) in [5.41, 5.74) is 1.76. The van der Waals surface area contributed by atoms with Crippen LogP contribution in [-0.4, -0.2) is 23.8 Å². The largest absolute Gasteiger partial charge is 0.443 e. The van der Waals surface area contributed by atoms with Crippen LogP contribution in [0.15, 0.2) is 71.5 Å². The van der Waals surface area contributed by atoms with E-state index in [0.29, 0.717) is 0 Å². The van der Waals surface area contributed by atoms with Crippen molar-refractivity contribution in [2.24, 2.45) is 0 Å². The summed E-state index contributed by atoms with van der Waals surface area (Å²) in [6.45, 7) is 0. The van der Waals surface area contributed by atoms with Gasteiger partial charge in [-0.05, 0) is 12.1 Å². The zero-order chi connectivity index (χ0) is 10.3. The summed E-state index contributed by atoms with van der Waals surface area (Å²) >= 11 is 0. The van der Waals surface area contributed by atoms with E-state index in [9.17, 15) is 0 Å². The quantitative estimate of drug-likeness (QED) is 0.527. The molecule has 76 valence electrons. The standard InChI is InChI=1S/C7H5NO.C6H6.Li.H/c1-2-4-7-6(3-1)8-5-9-7;1-2-4-6-5-3-1;;/h1-5H;1-6H;;. The normalized spacial score (nSPS) is 8.75. The van der Waals surface area contributed by atoms with E-state index in [1.807, 2.05) is 60.7 Å². The first-order valence-electron chi connectivity index (χ1n) is 4.75. The molecule has 2 nitrogen and oxygen atoms in total. The van der Waals surface area contributed by atoms with Crippen molar-refractivity contribution in [3.8, 4) is 0 Å². The van der Waals surface area contributed by atoms with Crippen molar-refractivity contribution in [3.63, 3.8) is 0 Å². The Morgan fingerprint density at radius 2 is 1.31 bits per heavy atom. The molecule has 0 atom stereocenters. The molecule has 1 heterocycles. The molecule has 3 heteroatoms. The Kier molecular flexibility index (Phi) is 5.42. The molecule has 0 fully saturated rings. The minimum absolute atomic E-state index is 0. The number of aromatic nitrogens is 1. The van der Waals surface area contributed by atoms with Gasteiger partial charge in [-0.1, -0.05) is 48.5 Å². The monoisotopic (exact) mass is 205 g/mol. The summed E-state index contributed by atoms with van der Waals surface area (Å²) in [5.74, 6) is 0. The first-order chi connectivity index (χ1) is 7.47. The smallest absolute Gasteiger partial charge is 0.181 e. The third-order valence-corrected chi connectivity index (χ3v) is 1.90. The molecule has 0 N–H and O–H groups in total. The van der Waals surface area contributed by atoms with E-state index in [1.165, 1.54) is 6.39 Å². The van der Waals surface area contributed by atoms with Gasteiger partial charge in [-0.25, -0.2) is 4.98 Å². The van der Waals surface area contributed by atoms with Crippen LogP contribution in [0, 0.1) is 0 Å². The van der Waals surface area contributed by atoms with Crippen LogP contribution in [0.4, 0.5) is 0 Å². The van der Waals surface area contributed by atoms with E-state index in [-0.39, 0.29) is 18.9 Å². The van der Waals surface area contributed by atoms with Crippen molar-refractivity contribution in [3.05, 3.63) is 67.1 Å². The van der Waals surface area contributed by atoms with Gasteiger partial charge in [0.1, 0.15) is 5.52 Å². The van der Waals surface area contributed by atoms with Gasteiger partial charge in [-0.3, -0.25) is 0 Å². The molecule has 0 unspecified atom stereocenters. The summed E-state index contributed by atoms with van der Waals surface area (Å²) in [7, 11) is 0. The molecule has 0 spiro atoms. The molecule has 0 aliphatic rings. The second-order valence-corrected chi connectivity index (χ2v) is 2.97. The SMILES string of the molecule is [LiH].c1ccc2ocnc2c1.c1ccccc1. The van der Waals surface area contributed by atoms with Gasteiger partial charge in [0.25, 0.3) is 0 Å². The molecule has 3 aromatic rings. The van der Waals surface area contributed by atoms with Gasteiger partial charge < -0.3 is 4.42 Å². The summed E-state index contributed by atoms with van der Waals surface area (Å²) in [6, 6.07) is 19.7. The van der Waals surface area contributed by atoms with Crippen LogP contribution in [0.3, 0.4) is 0 Å². The Balaban J connectivity index is 0.000000162. The van der Waals surface area contributed by atoms with Crippen molar-refractivity contribution in [2.45, 2.75) is 0 Å². The third-order valence-electron chi connectivity index (χ3n) is 1.90. The second kappa shape index (κ2) is 6.89. The molecule has 0 saturated heterocycles. The summed E-state index contributed by atoms with van der Waals surface area (Å²) in [5, 5.41) is 0. The average Bonchev–Trinajstić information content (AvgIpc) is 2.80. The Labute approximate surface area is 106 Å². The maximum Gasteiger partial charge on any atom is 0.181 e. The number of oxazole rings is 1. The van der Waals surface area contributed by atoms with Crippen molar-refractivity contribution in [1.29, 1.82) is 0 Å². The van der Waals surface area contributed by atoms with Gasteiger partial charge >= 0.3 is 18.9 Å². The van der Waals surface area contributed by atoms with Gasteiger partial charge in [0.2, 0.25) is 0 Å². The molecule has 0 aliphatic heterocycles. The number of benzene rings is 2. The van der Waals surface area contributed by atoms with Crippen molar-refractivity contribution in [1.82, 2.24) is 4.98 Å². The Morgan fingerprint density at radius 3 is 1.88 bits per heavy atom. The van der Waals surface area contributed by atoms with E-state index >= 15 is 0 Å². The number of rotatable bonds is 0. The molecule has 1 aromatic heterocycles. The van der Waals surface area contributed by atoms with Crippen LogP contribution >= 0.6 is 0 Å². The molecule has 2 aromatic carbocycles. The maximum absolute atomic E-state index is 5.01. The minimum Gasteiger partial charge on any atom is -0.443 e. The zero-order valence-corrected chi connectivity index (χ0v) is 8.21. The van der Waals surface area contributed by atoms with E-state index in [0.717, 1.165) is 11.1 Å². The van der Waals surface area contributed by atoms with Crippen LogP contribution in [0.5, 0.6) is 0 Å². The van der Waals surface area contributed by atoms with Crippen LogP contribution in [0.25, 0.3) is 11.1 Å². The Hall–Kier alpha value is -1.49. The molecule has 0 bridgehead atoms. The fourth-order valence-electron chi connectivity index (χ4n) is 1.19. The second-order valence-electron chi connectivity index (χ2n) is 2.97. The van der Waals surface area contributed by atoms with Crippen LogP contribution in [0.2, 0.25) is 0 Å². The molecular weight excluding hydrogens is 193 g/mol. The topological polar surface area (TPSA) is 26.0 Å². The first kappa shape index (κ1) is 12.6. The Morgan fingerprint density at radius 1 is 0.750 bits per heavy atom. The summed E-state index contributed by atoms with van der Waals surface area (Å²) < 4.78 is 5.01. The van der Waals surface area contributed by atoms with E-state index < -0.39 is 0 Å². The molecule has 16 heavy (non-hydrogen) atoms. The van der Waals surface area contributed by atoms with E-state index in [4.69, 9.17) is 4.42 Å². The van der Waals surface area contributed by atoms with Crippen LogP contribution in [0.1, 0.15) is 0 Å². The van der Waals surface area contributed by atoms with Gasteiger partial charge in [0, 0.05) is 0 Å².